The van der Waals surface area contributed by atoms with E-state index in [0.29, 0.717) is 0 Å². The van der Waals surface area contributed by atoms with Crippen LogP contribution in [-0.4, -0.2) is 30.0 Å². The van der Waals surface area contributed by atoms with Gasteiger partial charge in [0.25, 0.3) is 0 Å². The minimum atomic E-state index is -5.22. The zero-order valence-electron chi connectivity index (χ0n) is 8.18. The lowest BCUT2D eigenvalue weighted by Gasteiger charge is -2.23. The second-order valence-corrected chi connectivity index (χ2v) is 3.14. The Morgan fingerprint density at radius 3 is 1.71 bits per heavy atom. The molecule has 0 aliphatic heterocycles. The summed E-state index contributed by atoms with van der Waals surface area (Å²) in [7, 11) is 0. The lowest BCUT2D eigenvalue weighted by atomic mass is 9.93. The van der Waals surface area contributed by atoms with E-state index in [1.165, 1.54) is 0 Å². The third-order valence-electron chi connectivity index (χ3n) is 1.96. The molecule has 2 unspecified atom stereocenters. The fourth-order valence-electron chi connectivity index (χ4n) is 1.02. The van der Waals surface area contributed by atoms with Gasteiger partial charge in [0.05, 0.1) is 5.92 Å². The van der Waals surface area contributed by atoms with Gasteiger partial charge >= 0.3 is 18.3 Å². The lowest BCUT2D eigenvalue weighted by Crippen LogP contribution is -2.39. The van der Waals surface area contributed by atoms with Gasteiger partial charge in [0, 0.05) is 6.54 Å². The van der Waals surface area contributed by atoms with Crippen LogP contribution < -0.4 is 5.73 Å². The van der Waals surface area contributed by atoms with Crippen LogP contribution in [0.15, 0.2) is 0 Å². The molecule has 0 bridgehead atoms. The molecule has 0 fully saturated rings. The highest BCUT2D eigenvalue weighted by Gasteiger charge is 2.50. The predicted octanol–water partition coefficient (Wildman–Crippen LogP) is 2.20. The SMILES string of the molecule is Cl.NCC(CC(C(=O)O)C(F)(F)F)C(F)(F)F. The molecule has 0 rings (SSSR count). The van der Waals surface area contributed by atoms with Crippen molar-refractivity contribution in [2.24, 2.45) is 17.6 Å². The molecule has 3 N–H and O–H groups in total. The van der Waals surface area contributed by atoms with Gasteiger partial charge in [0.15, 0.2) is 5.92 Å². The standard InChI is InChI=1S/C7H9F6NO2.ClH/c8-6(9,10)3(2-14)1-4(5(15)16)7(11,12)13;/h3-4H,1-2,14H2,(H,15,16);1H. The number of hydrogen-bond acceptors (Lipinski definition) is 2. The zero-order valence-corrected chi connectivity index (χ0v) is 8.99. The molecule has 0 saturated carbocycles. The minimum Gasteiger partial charge on any atom is -0.481 e. The van der Waals surface area contributed by atoms with Crippen molar-refractivity contribution in [1.82, 2.24) is 0 Å². The van der Waals surface area contributed by atoms with E-state index in [0.717, 1.165) is 0 Å². The van der Waals surface area contributed by atoms with Crippen molar-refractivity contribution in [3.8, 4) is 0 Å². The van der Waals surface area contributed by atoms with Crippen LogP contribution in [0, 0.1) is 11.8 Å². The van der Waals surface area contributed by atoms with Gasteiger partial charge in [-0.2, -0.15) is 26.3 Å². The number of carboxylic acid groups (broad SMARTS) is 1. The quantitative estimate of drug-likeness (QED) is 0.780. The summed E-state index contributed by atoms with van der Waals surface area (Å²) < 4.78 is 72.5. The fourth-order valence-corrected chi connectivity index (χ4v) is 1.02. The summed E-state index contributed by atoms with van der Waals surface area (Å²) in [6.07, 6.45) is -11.8. The van der Waals surface area contributed by atoms with Crippen molar-refractivity contribution in [2.45, 2.75) is 18.8 Å². The van der Waals surface area contributed by atoms with Gasteiger partial charge in [-0.15, -0.1) is 12.4 Å². The maximum absolute atomic E-state index is 12.1. The van der Waals surface area contributed by atoms with Gasteiger partial charge in [0.1, 0.15) is 0 Å². The Balaban J connectivity index is 0. The van der Waals surface area contributed by atoms with Crippen LogP contribution in [0.3, 0.4) is 0 Å². The van der Waals surface area contributed by atoms with Crippen LogP contribution in [-0.2, 0) is 4.79 Å². The Labute approximate surface area is 98.4 Å². The molecule has 104 valence electrons. The van der Waals surface area contributed by atoms with Crippen LogP contribution in [0.5, 0.6) is 0 Å². The third kappa shape index (κ3) is 5.97. The maximum atomic E-state index is 12.1. The first-order valence-electron chi connectivity index (χ1n) is 4.06. The van der Waals surface area contributed by atoms with E-state index in [9.17, 15) is 31.1 Å². The van der Waals surface area contributed by atoms with E-state index in [-0.39, 0.29) is 12.4 Å². The van der Waals surface area contributed by atoms with Gasteiger partial charge in [-0.05, 0) is 6.42 Å². The number of aliphatic carboxylic acids is 1. The Hall–Kier alpha value is -0.700. The van der Waals surface area contributed by atoms with Crippen LogP contribution in [0.2, 0.25) is 0 Å². The summed E-state index contributed by atoms with van der Waals surface area (Å²) in [5.41, 5.74) is 4.67. The van der Waals surface area contributed by atoms with Crippen molar-refractivity contribution >= 4 is 18.4 Å². The van der Waals surface area contributed by atoms with E-state index in [1.807, 2.05) is 0 Å². The van der Waals surface area contributed by atoms with Crippen LogP contribution in [0.25, 0.3) is 0 Å². The average molecular weight is 290 g/mol. The summed E-state index contributed by atoms with van der Waals surface area (Å²) in [6.45, 7) is -1.08. The number of nitrogens with two attached hydrogens (primary N) is 1. The van der Waals surface area contributed by atoms with Gasteiger partial charge in [-0.1, -0.05) is 0 Å². The summed E-state index contributed by atoms with van der Waals surface area (Å²) >= 11 is 0. The normalized spacial score (nSPS) is 15.9. The Morgan fingerprint density at radius 1 is 1.12 bits per heavy atom. The molecule has 0 aliphatic carbocycles. The summed E-state index contributed by atoms with van der Waals surface area (Å²) in [4.78, 5) is 10.2. The number of carboxylic acids is 1. The zero-order chi connectivity index (χ0) is 13.1. The largest absolute Gasteiger partial charge is 0.481 e. The van der Waals surface area contributed by atoms with Crippen molar-refractivity contribution < 1.29 is 36.2 Å². The van der Waals surface area contributed by atoms with Gasteiger partial charge < -0.3 is 10.8 Å². The highest BCUT2D eigenvalue weighted by Crippen LogP contribution is 2.37. The van der Waals surface area contributed by atoms with Gasteiger partial charge in [-0.3, -0.25) is 4.79 Å². The number of carbonyl (C=O) groups is 1. The van der Waals surface area contributed by atoms with Crippen LogP contribution >= 0.6 is 12.4 Å². The molecule has 3 nitrogen and oxygen atoms in total. The van der Waals surface area contributed by atoms with E-state index < -0.39 is 43.1 Å². The molecule has 0 aromatic heterocycles. The number of rotatable bonds is 4. The second-order valence-electron chi connectivity index (χ2n) is 3.14. The summed E-state index contributed by atoms with van der Waals surface area (Å²) in [5, 5.41) is 8.19. The lowest BCUT2D eigenvalue weighted by molar-refractivity contribution is -0.214. The molecule has 0 aliphatic rings. The van der Waals surface area contributed by atoms with Gasteiger partial charge in [0.2, 0.25) is 0 Å². The van der Waals surface area contributed by atoms with E-state index in [1.54, 1.807) is 0 Å². The Kier molecular flexibility index (Phi) is 6.91. The first-order valence-corrected chi connectivity index (χ1v) is 4.06. The highest BCUT2D eigenvalue weighted by atomic mass is 35.5. The van der Waals surface area contributed by atoms with Crippen molar-refractivity contribution in [3.05, 3.63) is 0 Å². The number of hydrogen-bond donors (Lipinski definition) is 2. The second kappa shape index (κ2) is 6.29. The van der Waals surface area contributed by atoms with Crippen molar-refractivity contribution in [1.29, 1.82) is 0 Å². The number of halogens is 7. The molecular weight excluding hydrogens is 280 g/mol. The predicted molar refractivity (Wildman–Crippen MR) is 47.6 cm³/mol. The van der Waals surface area contributed by atoms with Crippen LogP contribution in [0.4, 0.5) is 26.3 Å². The Bertz CT molecular complexity index is 254. The molecule has 0 radical (unpaired) electrons. The highest BCUT2D eigenvalue weighted by molar-refractivity contribution is 5.85. The Morgan fingerprint density at radius 2 is 1.53 bits per heavy atom. The van der Waals surface area contributed by atoms with Crippen molar-refractivity contribution in [3.63, 3.8) is 0 Å². The molecule has 10 heteroatoms. The molecule has 2 atom stereocenters. The molecule has 0 aromatic rings. The third-order valence-corrected chi connectivity index (χ3v) is 1.96. The molecular formula is C7H10ClF6NO2. The first kappa shape index (κ1) is 18.7. The molecule has 0 heterocycles. The fraction of sp³-hybridized carbons (Fsp3) is 0.857. The molecule has 0 saturated heterocycles. The monoisotopic (exact) mass is 289 g/mol. The minimum absolute atomic E-state index is 0. The number of alkyl halides is 6. The maximum Gasteiger partial charge on any atom is 0.402 e. The van der Waals surface area contributed by atoms with E-state index in [4.69, 9.17) is 5.11 Å². The average Bonchev–Trinajstić information content (AvgIpc) is 1.99. The molecule has 0 spiro atoms. The van der Waals surface area contributed by atoms with Gasteiger partial charge in [-0.25, -0.2) is 0 Å². The smallest absolute Gasteiger partial charge is 0.402 e. The van der Waals surface area contributed by atoms with Crippen LogP contribution in [0.1, 0.15) is 6.42 Å². The summed E-state index contributed by atoms with van der Waals surface area (Å²) in [5.74, 6) is -7.87. The van der Waals surface area contributed by atoms with E-state index in [2.05, 4.69) is 5.73 Å². The molecule has 17 heavy (non-hydrogen) atoms. The van der Waals surface area contributed by atoms with E-state index >= 15 is 0 Å². The van der Waals surface area contributed by atoms with Crippen molar-refractivity contribution in [2.75, 3.05) is 6.54 Å². The first-order chi connectivity index (χ1) is 7.00. The molecule has 0 amide bonds. The topological polar surface area (TPSA) is 63.3 Å². The molecule has 0 aromatic carbocycles. The summed E-state index contributed by atoms with van der Waals surface area (Å²) in [6, 6.07) is 0.